The molecule has 0 heterocycles. The summed E-state index contributed by atoms with van der Waals surface area (Å²) in [6.07, 6.45) is 0. The van der Waals surface area contributed by atoms with Gasteiger partial charge in [0.05, 0.1) is 5.69 Å². The first kappa shape index (κ1) is 13.3. The summed E-state index contributed by atoms with van der Waals surface area (Å²) in [5.41, 5.74) is 9.49. The zero-order valence-corrected chi connectivity index (χ0v) is 11.4. The Kier molecular flexibility index (Phi) is 3.95. The second kappa shape index (κ2) is 5.65. The predicted molar refractivity (Wildman–Crippen MR) is 80.4 cm³/mol. The first-order valence-electron chi connectivity index (χ1n) is 6.47. The number of hydrogen-bond donors (Lipinski definition) is 3. The SMILES string of the molecule is CC(C)c1ccc(CNc2cc(N)ccc2O)cc1. The molecule has 0 spiro atoms. The maximum atomic E-state index is 9.71. The van der Waals surface area contributed by atoms with Gasteiger partial charge in [-0.2, -0.15) is 0 Å². The van der Waals surface area contributed by atoms with Gasteiger partial charge in [-0.05, 0) is 35.2 Å². The first-order chi connectivity index (χ1) is 9.06. The minimum atomic E-state index is 0.216. The van der Waals surface area contributed by atoms with Gasteiger partial charge in [-0.1, -0.05) is 38.1 Å². The molecule has 100 valence electrons. The van der Waals surface area contributed by atoms with Crippen LogP contribution >= 0.6 is 0 Å². The number of nitrogens with two attached hydrogens (primary N) is 1. The van der Waals surface area contributed by atoms with E-state index in [0.29, 0.717) is 23.8 Å². The Morgan fingerprint density at radius 1 is 1.11 bits per heavy atom. The van der Waals surface area contributed by atoms with Gasteiger partial charge >= 0.3 is 0 Å². The summed E-state index contributed by atoms with van der Waals surface area (Å²) in [6.45, 7) is 5.02. The third-order valence-electron chi connectivity index (χ3n) is 3.15. The highest BCUT2D eigenvalue weighted by Gasteiger charge is 2.02. The monoisotopic (exact) mass is 256 g/mol. The molecule has 0 fully saturated rings. The molecule has 19 heavy (non-hydrogen) atoms. The molecule has 0 atom stereocenters. The van der Waals surface area contributed by atoms with Crippen molar-refractivity contribution >= 4 is 11.4 Å². The van der Waals surface area contributed by atoms with Crippen molar-refractivity contribution in [2.45, 2.75) is 26.3 Å². The Morgan fingerprint density at radius 2 is 1.79 bits per heavy atom. The normalized spacial score (nSPS) is 10.7. The fraction of sp³-hybridized carbons (Fsp3) is 0.250. The molecule has 0 unspecified atom stereocenters. The lowest BCUT2D eigenvalue weighted by Crippen LogP contribution is -2.00. The highest BCUT2D eigenvalue weighted by molar-refractivity contribution is 5.62. The summed E-state index contributed by atoms with van der Waals surface area (Å²) >= 11 is 0. The number of nitrogen functional groups attached to an aromatic ring is 1. The molecule has 0 radical (unpaired) electrons. The molecule has 3 heteroatoms. The Hall–Kier alpha value is -2.16. The summed E-state index contributed by atoms with van der Waals surface area (Å²) in [5.74, 6) is 0.757. The van der Waals surface area contributed by atoms with E-state index in [4.69, 9.17) is 5.73 Å². The number of aromatic hydroxyl groups is 1. The molecule has 3 nitrogen and oxygen atoms in total. The number of benzene rings is 2. The van der Waals surface area contributed by atoms with Crippen LogP contribution in [0, 0.1) is 0 Å². The van der Waals surface area contributed by atoms with Gasteiger partial charge in [0.25, 0.3) is 0 Å². The zero-order valence-electron chi connectivity index (χ0n) is 11.4. The number of nitrogens with one attached hydrogen (secondary N) is 1. The van der Waals surface area contributed by atoms with Crippen molar-refractivity contribution in [1.82, 2.24) is 0 Å². The predicted octanol–water partition coefficient (Wildman–Crippen LogP) is 3.71. The number of anilines is 2. The van der Waals surface area contributed by atoms with Crippen LogP contribution in [-0.4, -0.2) is 5.11 Å². The first-order valence-corrected chi connectivity index (χ1v) is 6.47. The molecule has 2 rings (SSSR count). The highest BCUT2D eigenvalue weighted by Crippen LogP contribution is 2.25. The maximum absolute atomic E-state index is 9.71. The van der Waals surface area contributed by atoms with Crippen molar-refractivity contribution in [3.63, 3.8) is 0 Å². The molecule has 0 aliphatic rings. The van der Waals surface area contributed by atoms with E-state index in [0.717, 1.165) is 0 Å². The van der Waals surface area contributed by atoms with Crippen LogP contribution in [0.3, 0.4) is 0 Å². The lowest BCUT2D eigenvalue weighted by Gasteiger charge is -2.10. The van der Waals surface area contributed by atoms with Gasteiger partial charge in [0.15, 0.2) is 0 Å². The van der Waals surface area contributed by atoms with Gasteiger partial charge in [-0.15, -0.1) is 0 Å². The summed E-state index contributed by atoms with van der Waals surface area (Å²) in [6, 6.07) is 13.5. The van der Waals surface area contributed by atoms with Crippen LogP contribution in [-0.2, 0) is 6.54 Å². The third kappa shape index (κ3) is 3.41. The summed E-state index contributed by atoms with van der Waals surface area (Å²) in [7, 11) is 0. The van der Waals surface area contributed by atoms with Crippen molar-refractivity contribution < 1.29 is 5.11 Å². The number of phenolic OH excluding ortho intramolecular Hbond substituents is 1. The average molecular weight is 256 g/mol. The van der Waals surface area contributed by atoms with E-state index in [2.05, 4.69) is 43.4 Å². The summed E-state index contributed by atoms with van der Waals surface area (Å²) in [4.78, 5) is 0. The van der Waals surface area contributed by atoms with E-state index in [1.165, 1.54) is 11.1 Å². The fourth-order valence-corrected chi connectivity index (χ4v) is 1.91. The maximum Gasteiger partial charge on any atom is 0.138 e. The van der Waals surface area contributed by atoms with Gasteiger partial charge in [0.1, 0.15) is 5.75 Å². The van der Waals surface area contributed by atoms with E-state index in [1.807, 2.05) is 0 Å². The molecule has 0 saturated carbocycles. The highest BCUT2D eigenvalue weighted by atomic mass is 16.3. The lowest BCUT2D eigenvalue weighted by molar-refractivity contribution is 0.477. The summed E-state index contributed by atoms with van der Waals surface area (Å²) in [5, 5.41) is 12.9. The van der Waals surface area contributed by atoms with Crippen molar-refractivity contribution in [2.75, 3.05) is 11.1 Å². The van der Waals surface area contributed by atoms with Gasteiger partial charge < -0.3 is 16.2 Å². The Balaban J connectivity index is 2.04. The van der Waals surface area contributed by atoms with E-state index in [9.17, 15) is 5.11 Å². The quantitative estimate of drug-likeness (QED) is 0.444. The molecule has 0 saturated heterocycles. The van der Waals surface area contributed by atoms with E-state index in [-0.39, 0.29) is 5.75 Å². The lowest BCUT2D eigenvalue weighted by atomic mass is 10.0. The molecule has 2 aromatic carbocycles. The molecular formula is C16H20N2O. The minimum Gasteiger partial charge on any atom is -0.506 e. The van der Waals surface area contributed by atoms with Crippen molar-refractivity contribution in [1.29, 1.82) is 0 Å². The average Bonchev–Trinajstić information content (AvgIpc) is 2.40. The second-order valence-corrected chi connectivity index (χ2v) is 5.03. The van der Waals surface area contributed by atoms with Crippen molar-refractivity contribution in [3.05, 3.63) is 53.6 Å². The number of hydrogen-bond acceptors (Lipinski definition) is 3. The third-order valence-corrected chi connectivity index (χ3v) is 3.15. The van der Waals surface area contributed by atoms with E-state index >= 15 is 0 Å². The van der Waals surface area contributed by atoms with Crippen LogP contribution in [0.4, 0.5) is 11.4 Å². The van der Waals surface area contributed by atoms with Gasteiger partial charge in [-0.3, -0.25) is 0 Å². The van der Waals surface area contributed by atoms with Crippen LogP contribution in [0.2, 0.25) is 0 Å². The zero-order chi connectivity index (χ0) is 13.8. The smallest absolute Gasteiger partial charge is 0.138 e. The van der Waals surface area contributed by atoms with Crippen LogP contribution in [0.5, 0.6) is 5.75 Å². The standard InChI is InChI=1S/C16H20N2O/c1-11(2)13-5-3-12(4-6-13)10-18-15-9-14(17)7-8-16(15)19/h3-9,11,18-19H,10,17H2,1-2H3. The van der Waals surface area contributed by atoms with Gasteiger partial charge in [0.2, 0.25) is 0 Å². The topological polar surface area (TPSA) is 58.3 Å². The van der Waals surface area contributed by atoms with Crippen molar-refractivity contribution in [2.24, 2.45) is 0 Å². The number of phenols is 1. The Labute approximate surface area is 114 Å². The molecule has 0 aliphatic carbocycles. The molecule has 0 aromatic heterocycles. The van der Waals surface area contributed by atoms with Crippen LogP contribution in [0.15, 0.2) is 42.5 Å². The molecule has 0 aliphatic heterocycles. The van der Waals surface area contributed by atoms with Gasteiger partial charge in [0, 0.05) is 12.2 Å². The van der Waals surface area contributed by atoms with E-state index in [1.54, 1.807) is 18.2 Å². The molecular weight excluding hydrogens is 236 g/mol. The van der Waals surface area contributed by atoms with Crippen LogP contribution < -0.4 is 11.1 Å². The summed E-state index contributed by atoms with van der Waals surface area (Å²) < 4.78 is 0. The molecule has 0 amide bonds. The Morgan fingerprint density at radius 3 is 2.42 bits per heavy atom. The van der Waals surface area contributed by atoms with Gasteiger partial charge in [-0.25, -0.2) is 0 Å². The van der Waals surface area contributed by atoms with E-state index < -0.39 is 0 Å². The number of rotatable bonds is 4. The second-order valence-electron chi connectivity index (χ2n) is 5.03. The van der Waals surface area contributed by atoms with Crippen LogP contribution in [0.1, 0.15) is 30.9 Å². The largest absolute Gasteiger partial charge is 0.506 e. The molecule has 0 bridgehead atoms. The van der Waals surface area contributed by atoms with Crippen LogP contribution in [0.25, 0.3) is 0 Å². The molecule has 2 aromatic rings. The fourth-order valence-electron chi connectivity index (χ4n) is 1.91. The molecule has 4 N–H and O–H groups in total. The minimum absolute atomic E-state index is 0.216. The van der Waals surface area contributed by atoms with Crippen molar-refractivity contribution in [3.8, 4) is 5.75 Å². The Bertz CT molecular complexity index is 547.